The Labute approximate surface area is 152 Å². The number of halogens is 1. The maximum absolute atomic E-state index is 10.9. The monoisotopic (exact) mass is 355 g/mol. The second-order valence-corrected chi connectivity index (χ2v) is 7.15. The number of rotatable bonds is 4. The Kier molecular flexibility index (Phi) is 4.75. The molecule has 0 bridgehead atoms. The molecule has 4 nitrogen and oxygen atoms in total. The highest BCUT2D eigenvalue weighted by atomic mass is 35.5. The van der Waals surface area contributed by atoms with Crippen molar-refractivity contribution in [3.8, 4) is 0 Å². The molecule has 2 aromatic heterocycles. The maximum Gasteiger partial charge on any atom is 0.140 e. The van der Waals surface area contributed by atoms with Crippen LogP contribution in [0.25, 0.3) is 11.0 Å². The summed E-state index contributed by atoms with van der Waals surface area (Å²) < 4.78 is 2.11. The van der Waals surface area contributed by atoms with E-state index in [0.717, 1.165) is 46.6 Å². The summed E-state index contributed by atoms with van der Waals surface area (Å²) in [6, 6.07) is 11.9. The second kappa shape index (κ2) is 7.16. The van der Waals surface area contributed by atoms with E-state index in [0.29, 0.717) is 6.54 Å². The largest absolute Gasteiger partial charge is 0.387 e. The Hall–Kier alpha value is -1.88. The lowest BCUT2D eigenvalue weighted by Gasteiger charge is -2.27. The molecule has 0 aliphatic carbocycles. The molecule has 1 aliphatic heterocycles. The topological polar surface area (TPSA) is 50.1 Å². The molecule has 3 heterocycles. The van der Waals surface area contributed by atoms with Crippen LogP contribution in [-0.2, 0) is 6.54 Å². The van der Waals surface area contributed by atoms with Gasteiger partial charge < -0.3 is 15.0 Å². The Bertz CT molecular complexity index is 853. The summed E-state index contributed by atoms with van der Waals surface area (Å²) in [4.78, 5) is 4.55. The SMILES string of the molecule is OC(c1cn(Cc2ccc(Cl)cc2)c2ncccc12)C1CCCCN1. The highest BCUT2D eigenvalue weighted by Crippen LogP contribution is 2.30. The van der Waals surface area contributed by atoms with Crippen LogP contribution in [0.1, 0.15) is 36.5 Å². The zero-order chi connectivity index (χ0) is 17.2. The molecule has 4 rings (SSSR count). The molecule has 2 N–H and O–H groups in total. The van der Waals surface area contributed by atoms with Crippen molar-refractivity contribution < 1.29 is 5.11 Å². The van der Waals surface area contributed by atoms with Crippen LogP contribution in [0.4, 0.5) is 0 Å². The second-order valence-electron chi connectivity index (χ2n) is 6.71. The van der Waals surface area contributed by atoms with Crippen molar-refractivity contribution in [2.45, 2.75) is 38.0 Å². The van der Waals surface area contributed by atoms with Crippen LogP contribution in [0.3, 0.4) is 0 Å². The minimum atomic E-state index is -0.515. The molecule has 5 heteroatoms. The first-order chi connectivity index (χ1) is 12.2. The molecule has 0 radical (unpaired) electrons. The van der Waals surface area contributed by atoms with E-state index in [-0.39, 0.29) is 6.04 Å². The molecule has 0 amide bonds. The quantitative estimate of drug-likeness (QED) is 0.746. The predicted molar refractivity (Wildman–Crippen MR) is 101 cm³/mol. The summed E-state index contributed by atoms with van der Waals surface area (Å²) in [6.45, 7) is 1.68. The molecule has 3 aromatic rings. The number of hydrogen-bond donors (Lipinski definition) is 2. The van der Waals surface area contributed by atoms with Crippen molar-refractivity contribution in [2.24, 2.45) is 0 Å². The summed E-state index contributed by atoms with van der Waals surface area (Å²) in [5.74, 6) is 0. The third-order valence-corrected chi connectivity index (χ3v) is 5.23. The molecule has 1 saturated heterocycles. The Balaban J connectivity index is 1.69. The van der Waals surface area contributed by atoms with E-state index >= 15 is 0 Å². The smallest absolute Gasteiger partial charge is 0.140 e. The number of piperidine rings is 1. The first kappa shape index (κ1) is 16.6. The molecular formula is C20H22ClN3O. The Morgan fingerprint density at radius 1 is 1.24 bits per heavy atom. The third-order valence-electron chi connectivity index (χ3n) is 4.98. The van der Waals surface area contributed by atoms with E-state index < -0.39 is 6.10 Å². The fourth-order valence-electron chi connectivity index (χ4n) is 3.66. The van der Waals surface area contributed by atoms with Gasteiger partial charge in [-0.25, -0.2) is 4.98 Å². The minimum Gasteiger partial charge on any atom is -0.387 e. The molecule has 130 valence electrons. The van der Waals surface area contributed by atoms with E-state index in [1.807, 2.05) is 42.6 Å². The van der Waals surface area contributed by atoms with Crippen LogP contribution < -0.4 is 5.32 Å². The van der Waals surface area contributed by atoms with E-state index in [1.165, 1.54) is 6.42 Å². The highest BCUT2D eigenvalue weighted by molar-refractivity contribution is 6.30. The fraction of sp³-hybridized carbons (Fsp3) is 0.350. The van der Waals surface area contributed by atoms with E-state index in [1.54, 1.807) is 6.20 Å². The van der Waals surface area contributed by atoms with Crippen molar-refractivity contribution in [1.82, 2.24) is 14.9 Å². The molecule has 1 fully saturated rings. The van der Waals surface area contributed by atoms with E-state index in [2.05, 4.69) is 14.9 Å². The maximum atomic E-state index is 10.9. The number of aromatic nitrogens is 2. The van der Waals surface area contributed by atoms with Crippen LogP contribution >= 0.6 is 11.6 Å². The minimum absolute atomic E-state index is 0.114. The molecule has 0 spiro atoms. The fourth-order valence-corrected chi connectivity index (χ4v) is 3.78. The molecule has 1 aromatic carbocycles. The lowest BCUT2D eigenvalue weighted by Crippen LogP contribution is -2.38. The van der Waals surface area contributed by atoms with Crippen LogP contribution in [-0.4, -0.2) is 27.2 Å². The van der Waals surface area contributed by atoms with Gasteiger partial charge in [0.1, 0.15) is 5.65 Å². The standard InChI is InChI=1S/C20H22ClN3O/c21-15-8-6-14(7-9-15)12-24-13-17(16-4-3-11-23-20(16)24)19(25)18-5-1-2-10-22-18/h3-4,6-9,11,13,18-19,22,25H,1-2,5,10,12H2. The number of pyridine rings is 1. The van der Waals surface area contributed by atoms with Gasteiger partial charge >= 0.3 is 0 Å². The van der Waals surface area contributed by atoms with Gasteiger partial charge in [0, 0.05) is 41.0 Å². The first-order valence-corrected chi connectivity index (χ1v) is 9.20. The van der Waals surface area contributed by atoms with Gasteiger partial charge in [-0.05, 0) is 49.2 Å². The number of benzene rings is 1. The normalized spacial score (nSPS) is 19.2. The van der Waals surface area contributed by atoms with Gasteiger partial charge in [-0.2, -0.15) is 0 Å². The Morgan fingerprint density at radius 3 is 2.84 bits per heavy atom. The molecule has 25 heavy (non-hydrogen) atoms. The molecule has 1 aliphatic rings. The summed E-state index contributed by atoms with van der Waals surface area (Å²) >= 11 is 5.98. The molecule has 0 saturated carbocycles. The number of nitrogens with zero attached hydrogens (tertiary/aromatic N) is 2. The van der Waals surface area contributed by atoms with Crippen molar-refractivity contribution in [3.05, 3.63) is 64.9 Å². The Morgan fingerprint density at radius 2 is 2.08 bits per heavy atom. The van der Waals surface area contributed by atoms with Gasteiger partial charge in [0.05, 0.1) is 6.10 Å². The van der Waals surface area contributed by atoms with Crippen LogP contribution in [0, 0.1) is 0 Å². The zero-order valence-corrected chi connectivity index (χ0v) is 14.8. The average Bonchev–Trinajstić information content (AvgIpc) is 3.02. The summed E-state index contributed by atoms with van der Waals surface area (Å²) in [5.41, 5.74) is 3.02. The van der Waals surface area contributed by atoms with Gasteiger partial charge in [0.15, 0.2) is 0 Å². The number of aliphatic hydroxyl groups excluding tert-OH is 1. The van der Waals surface area contributed by atoms with Crippen LogP contribution in [0.5, 0.6) is 0 Å². The van der Waals surface area contributed by atoms with Crippen molar-refractivity contribution in [3.63, 3.8) is 0 Å². The van der Waals surface area contributed by atoms with Crippen molar-refractivity contribution in [1.29, 1.82) is 0 Å². The first-order valence-electron chi connectivity index (χ1n) is 8.82. The van der Waals surface area contributed by atoms with Gasteiger partial charge in [0.2, 0.25) is 0 Å². The van der Waals surface area contributed by atoms with Gasteiger partial charge in [-0.3, -0.25) is 0 Å². The number of hydrogen-bond acceptors (Lipinski definition) is 3. The van der Waals surface area contributed by atoms with Crippen LogP contribution in [0.15, 0.2) is 48.8 Å². The summed E-state index contributed by atoms with van der Waals surface area (Å²) in [5, 5.41) is 16.2. The summed E-state index contributed by atoms with van der Waals surface area (Å²) in [7, 11) is 0. The number of fused-ring (bicyclic) bond motifs is 1. The van der Waals surface area contributed by atoms with Crippen molar-refractivity contribution >= 4 is 22.6 Å². The molecular weight excluding hydrogens is 334 g/mol. The lowest BCUT2D eigenvalue weighted by atomic mass is 9.95. The lowest BCUT2D eigenvalue weighted by molar-refractivity contribution is 0.115. The zero-order valence-electron chi connectivity index (χ0n) is 14.0. The van der Waals surface area contributed by atoms with Gasteiger partial charge in [-0.15, -0.1) is 0 Å². The summed E-state index contributed by atoms with van der Waals surface area (Å²) in [6.07, 6.45) is 6.69. The van der Waals surface area contributed by atoms with Gasteiger partial charge in [0.25, 0.3) is 0 Å². The van der Waals surface area contributed by atoms with Crippen LogP contribution in [0.2, 0.25) is 5.02 Å². The van der Waals surface area contributed by atoms with Gasteiger partial charge in [-0.1, -0.05) is 30.2 Å². The third kappa shape index (κ3) is 3.43. The molecule has 2 atom stereocenters. The number of nitrogens with one attached hydrogen (secondary N) is 1. The highest BCUT2D eigenvalue weighted by Gasteiger charge is 2.26. The number of aliphatic hydroxyl groups is 1. The molecule has 2 unspecified atom stereocenters. The van der Waals surface area contributed by atoms with Crippen molar-refractivity contribution in [2.75, 3.05) is 6.54 Å². The van der Waals surface area contributed by atoms with E-state index in [4.69, 9.17) is 11.6 Å². The predicted octanol–water partition coefficient (Wildman–Crippen LogP) is 3.91. The van der Waals surface area contributed by atoms with E-state index in [9.17, 15) is 5.11 Å². The average molecular weight is 356 g/mol.